The number of carbonyl (C=O) groups is 1. The zero-order valence-electron chi connectivity index (χ0n) is 4.77. The van der Waals surface area contributed by atoms with Gasteiger partial charge in [0.25, 0.3) is 0 Å². The van der Waals surface area contributed by atoms with Crippen molar-refractivity contribution in [2.45, 2.75) is 0 Å². The van der Waals surface area contributed by atoms with E-state index in [1.165, 1.54) is 0 Å². The smallest absolute Gasteiger partial charge is 0.309 e. The van der Waals surface area contributed by atoms with Crippen LogP contribution >= 0.6 is 0 Å². The average Bonchev–Trinajstić information content (AvgIpc) is 0.811. The van der Waals surface area contributed by atoms with Crippen LogP contribution in [-0.4, -0.2) is 87.0 Å². The standard InChI is InChI=1S/CH4N2O.K.H3N.Na/c2-1(3)4;;;/h(H4,2,3,4);;1H3;. The summed E-state index contributed by atoms with van der Waals surface area (Å²) < 4.78 is 0. The maximum absolute atomic E-state index is 9.00. The number of carbonyl (C=O) groups excluding carboxylic acids is 1. The van der Waals surface area contributed by atoms with Crippen molar-refractivity contribution in [3.05, 3.63) is 0 Å². The van der Waals surface area contributed by atoms with Crippen molar-refractivity contribution in [1.82, 2.24) is 6.15 Å². The molecule has 0 aliphatic heterocycles. The molecule has 4 nitrogen and oxygen atoms in total. The fourth-order valence-electron chi connectivity index (χ4n) is 0. The molecular weight excluding hydrogens is 132 g/mol. The van der Waals surface area contributed by atoms with Crippen LogP contribution < -0.4 is 17.6 Å². The molecule has 0 saturated carbocycles. The minimum absolute atomic E-state index is 0. The predicted molar refractivity (Wildman–Crippen MR) is 30.3 cm³/mol. The first-order valence-corrected chi connectivity index (χ1v) is 0.781. The van der Waals surface area contributed by atoms with Gasteiger partial charge < -0.3 is 17.6 Å². The molecule has 0 heterocycles. The molecule has 7 N–H and O–H groups in total. The molecule has 2 amide bonds. The van der Waals surface area contributed by atoms with Gasteiger partial charge >= 0.3 is 6.03 Å². The largest absolute Gasteiger partial charge is 0.352 e. The van der Waals surface area contributed by atoms with E-state index < -0.39 is 6.03 Å². The van der Waals surface area contributed by atoms with E-state index in [1.54, 1.807) is 0 Å². The maximum Gasteiger partial charge on any atom is 0.309 e. The minimum atomic E-state index is -0.833. The monoisotopic (exact) mass is 139 g/mol. The second-order valence-corrected chi connectivity index (χ2v) is 0.402. The first kappa shape index (κ1) is 23.2. The van der Waals surface area contributed by atoms with E-state index in [4.69, 9.17) is 4.79 Å². The average molecular weight is 139 g/mol. The fourth-order valence-corrected chi connectivity index (χ4v) is 0. The molecule has 6 heteroatoms. The molecule has 0 spiro atoms. The number of nitrogens with two attached hydrogens (primary N) is 2. The summed E-state index contributed by atoms with van der Waals surface area (Å²) in [5.41, 5.74) is 8.50. The van der Waals surface area contributed by atoms with E-state index in [0.29, 0.717) is 0 Å². The van der Waals surface area contributed by atoms with Crippen molar-refractivity contribution >= 4 is 87.0 Å². The zero-order chi connectivity index (χ0) is 3.58. The molecule has 0 aliphatic carbocycles. The topological polar surface area (TPSA) is 104 Å². The van der Waals surface area contributed by atoms with Gasteiger partial charge in [0.05, 0.1) is 0 Å². The van der Waals surface area contributed by atoms with Crippen LogP contribution in [0.4, 0.5) is 4.79 Å². The van der Waals surface area contributed by atoms with Crippen molar-refractivity contribution in [2.24, 2.45) is 11.5 Å². The van der Waals surface area contributed by atoms with E-state index in [9.17, 15) is 0 Å². The Labute approximate surface area is 107 Å². The van der Waals surface area contributed by atoms with Gasteiger partial charge in [-0.2, -0.15) is 0 Å². The molecule has 7 heavy (non-hydrogen) atoms. The summed E-state index contributed by atoms with van der Waals surface area (Å²) in [6.45, 7) is 0. The fraction of sp³-hybridized carbons (Fsp3) is 0. The summed E-state index contributed by atoms with van der Waals surface area (Å²) in [7, 11) is 0. The quantitative estimate of drug-likeness (QED) is 0.352. The molecule has 0 unspecified atom stereocenters. The van der Waals surface area contributed by atoms with Gasteiger partial charge in [-0.15, -0.1) is 0 Å². The summed E-state index contributed by atoms with van der Waals surface area (Å²) >= 11 is 0. The normalized spacial score (nSPS) is 3.43. The first-order valence-electron chi connectivity index (χ1n) is 0.781. The number of rotatable bonds is 0. The molecule has 0 aliphatic rings. The third-order valence-electron chi connectivity index (χ3n) is 0. The van der Waals surface area contributed by atoms with Crippen LogP contribution in [0, 0.1) is 0 Å². The Morgan fingerprint density at radius 2 is 1.29 bits per heavy atom. The molecule has 0 rings (SSSR count). The molecule has 2 radical (unpaired) electrons. The van der Waals surface area contributed by atoms with Gasteiger partial charge in [-0.3, -0.25) is 0 Å². The SMILES string of the molecule is N.NC(N)=O.[K].[Na]. The molecular formula is CH7KN3NaO. The summed E-state index contributed by atoms with van der Waals surface area (Å²) in [6.07, 6.45) is 0. The molecule has 0 fully saturated rings. The molecule has 0 saturated heterocycles. The van der Waals surface area contributed by atoms with Crippen molar-refractivity contribution in [3.63, 3.8) is 0 Å². The van der Waals surface area contributed by atoms with Crippen LogP contribution in [0.3, 0.4) is 0 Å². The van der Waals surface area contributed by atoms with Gasteiger partial charge in [-0.25, -0.2) is 4.79 Å². The van der Waals surface area contributed by atoms with Crippen LogP contribution in [0.2, 0.25) is 0 Å². The minimum Gasteiger partial charge on any atom is -0.352 e. The van der Waals surface area contributed by atoms with Crippen LogP contribution in [-0.2, 0) is 0 Å². The van der Waals surface area contributed by atoms with Crippen LogP contribution in [0.15, 0.2) is 0 Å². The summed E-state index contributed by atoms with van der Waals surface area (Å²) in [5.74, 6) is 0. The number of amides is 2. The second-order valence-electron chi connectivity index (χ2n) is 0.402. The number of hydrogen-bond donors (Lipinski definition) is 3. The van der Waals surface area contributed by atoms with Crippen LogP contribution in [0.5, 0.6) is 0 Å². The van der Waals surface area contributed by atoms with Crippen molar-refractivity contribution < 1.29 is 4.79 Å². The van der Waals surface area contributed by atoms with Crippen molar-refractivity contribution in [1.29, 1.82) is 0 Å². The van der Waals surface area contributed by atoms with Gasteiger partial charge in [-0.05, 0) is 0 Å². The van der Waals surface area contributed by atoms with E-state index in [2.05, 4.69) is 11.5 Å². The van der Waals surface area contributed by atoms with Crippen LogP contribution in [0.25, 0.3) is 0 Å². The third kappa shape index (κ3) is 77.7. The first-order chi connectivity index (χ1) is 1.73. The Hall–Kier alpha value is 1.87. The van der Waals surface area contributed by atoms with E-state index in [0.717, 1.165) is 0 Å². The number of urea groups is 1. The molecule has 0 aromatic heterocycles. The van der Waals surface area contributed by atoms with Crippen molar-refractivity contribution in [3.8, 4) is 0 Å². The number of primary amides is 2. The molecule has 0 atom stereocenters. The molecule has 0 bridgehead atoms. The second kappa shape index (κ2) is 15.7. The summed E-state index contributed by atoms with van der Waals surface area (Å²) in [6, 6.07) is -0.833. The number of hydrogen-bond acceptors (Lipinski definition) is 2. The Morgan fingerprint density at radius 1 is 1.29 bits per heavy atom. The zero-order valence-corrected chi connectivity index (χ0v) is 9.89. The Bertz CT molecular complexity index is 37.9. The summed E-state index contributed by atoms with van der Waals surface area (Å²) in [4.78, 5) is 9.00. The van der Waals surface area contributed by atoms with Crippen LogP contribution in [0.1, 0.15) is 0 Å². The maximum atomic E-state index is 9.00. The van der Waals surface area contributed by atoms with Gasteiger partial charge in [0.2, 0.25) is 0 Å². The molecule has 0 aromatic rings. The summed E-state index contributed by atoms with van der Waals surface area (Å²) in [5, 5.41) is 0. The van der Waals surface area contributed by atoms with Gasteiger partial charge in [-0.1, -0.05) is 0 Å². The Balaban J connectivity index is -0.0000000150. The van der Waals surface area contributed by atoms with Gasteiger partial charge in [0.15, 0.2) is 0 Å². The predicted octanol–water partition coefficient (Wildman–Crippen LogP) is -1.58. The van der Waals surface area contributed by atoms with E-state index >= 15 is 0 Å². The van der Waals surface area contributed by atoms with Gasteiger partial charge in [0.1, 0.15) is 0 Å². The third-order valence-corrected chi connectivity index (χ3v) is 0. The van der Waals surface area contributed by atoms with Crippen molar-refractivity contribution in [2.75, 3.05) is 0 Å². The Morgan fingerprint density at radius 3 is 1.29 bits per heavy atom. The van der Waals surface area contributed by atoms with E-state index in [-0.39, 0.29) is 87.1 Å². The Kier molecular flexibility index (Phi) is 51.8. The van der Waals surface area contributed by atoms with Gasteiger partial charge in [0, 0.05) is 80.9 Å². The van der Waals surface area contributed by atoms with E-state index in [1.807, 2.05) is 0 Å². The molecule has 0 aromatic carbocycles. The molecule has 34 valence electrons.